The van der Waals surface area contributed by atoms with Crippen LogP contribution in [-0.4, -0.2) is 19.7 Å². The first-order valence-corrected chi connectivity index (χ1v) is 12.1. The van der Waals surface area contributed by atoms with Gasteiger partial charge in [0.05, 0.1) is 12.2 Å². The maximum Gasteiger partial charge on any atom is 0.344 e. The Bertz CT molecular complexity index is 1660. The van der Waals surface area contributed by atoms with E-state index in [2.05, 4.69) is 30.9 Å². The van der Waals surface area contributed by atoms with Crippen LogP contribution in [-0.2, 0) is 0 Å². The lowest BCUT2D eigenvalue weighted by Crippen LogP contribution is -2.21. The fourth-order valence-electron chi connectivity index (χ4n) is 4.56. The zero-order chi connectivity index (χ0) is 25.2. The molecule has 0 fully saturated rings. The van der Waals surface area contributed by atoms with Gasteiger partial charge in [0.1, 0.15) is 16.9 Å². The quantitative estimate of drug-likeness (QED) is 0.248. The fraction of sp³-hybridized carbons (Fsp3) is 0.200. The maximum atomic E-state index is 12.9. The van der Waals surface area contributed by atoms with Crippen LogP contribution in [0.2, 0.25) is 0 Å². The lowest BCUT2D eigenvalue weighted by atomic mass is 9.98. The van der Waals surface area contributed by atoms with Gasteiger partial charge in [-0.05, 0) is 79.9 Å². The van der Waals surface area contributed by atoms with Gasteiger partial charge in [0.25, 0.3) is 0 Å². The Morgan fingerprint density at radius 1 is 0.722 bits per heavy atom. The van der Waals surface area contributed by atoms with Crippen molar-refractivity contribution in [2.24, 2.45) is 0 Å². The third-order valence-corrected chi connectivity index (χ3v) is 6.38. The number of rotatable bonds is 7. The molecule has 6 heteroatoms. The molecule has 0 N–H and O–H groups in total. The van der Waals surface area contributed by atoms with Gasteiger partial charge < -0.3 is 18.5 Å². The van der Waals surface area contributed by atoms with Crippen molar-refractivity contribution < 1.29 is 13.6 Å². The molecule has 2 heterocycles. The topological polar surface area (TPSA) is 72.9 Å². The highest BCUT2D eigenvalue weighted by molar-refractivity contribution is 5.96. The number of hydrogen-bond donors (Lipinski definition) is 0. The molecule has 0 aliphatic carbocycles. The molecule has 0 atom stereocenters. The van der Waals surface area contributed by atoms with Gasteiger partial charge >= 0.3 is 11.3 Å². The Morgan fingerprint density at radius 3 is 2.19 bits per heavy atom. The molecule has 0 spiro atoms. The molecule has 5 aromatic rings. The standard InChI is InChI=1S/C30H27NO5/c1-4-31(5-2)22-11-7-19(8-12-22)24-18-29(32)35-27-14-10-20(15-26(24)27)25-16-21-9-13-23(34-6-3)17-28(21)36-30(25)33/h7-18H,4-6H2,1-3H3. The summed E-state index contributed by atoms with van der Waals surface area (Å²) in [6.45, 7) is 8.50. The summed E-state index contributed by atoms with van der Waals surface area (Å²) in [4.78, 5) is 27.5. The first-order chi connectivity index (χ1) is 17.5. The molecule has 0 radical (unpaired) electrons. The Hall–Kier alpha value is -4.32. The number of hydrogen-bond acceptors (Lipinski definition) is 6. The monoisotopic (exact) mass is 481 g/mol. The molecule has 0 bridgehead atoms. The van der Waals surface area contributed by atoms with E-state index in [4.69, 9.17) is 13.6 Å². The second kappa shape index (κ2) is 9.74. The molecule has 5 rings (SSSR count). The smallest absolute Gasteiger partial charge is 0.344 e. The van der Waals surface area contributed by atoms with Crippen molar-refractivity contribution in [2.75, 3.05) is 24.6 Å². The van der Waals surface area contributed by atoms with Gasteiger partial charge in [-0.2, -0.15) is 0 Å². The summed E-state index contributed by atoms with van der Waals surface area (Å²) in [7, 11) is 0. The Kier molecular flexibility index (Phi) is 6.34. The van der Waals surface area contributed by atoms with E-state index in [1.165, 1.54) is 6.07 Å². The van der Waals surface area contributed by atoms with Crippen molar-refractivity contribution in [3.05, 3.63) is 93.6 Å². The highest BCUT2D eigenvalue weighted by Gasteiger charge is 2.14. The molecule has 6 nitrogen and oxygen atoms in total. The molecular formula is C30H27NO5. The largest absolute Gasteiger partial charge is 0.494 e. The first-order valence-electron chi connectivity index (χ1n) is 12.1. The van der Waals surface area contributed by atoms with Crippen LogP contribution in [0.15, 0.2) is 91.2 Å². The molecule has 0 aliphatic heterocycles. The van der Waals surface area contributed by atoms with Crippen LogP contribution in [0.3, 0.4) is 0 Å². The Morgan fingerprint density at radius 2 is 1.47 bits per heavy atom. The van der Waals surface area contributed by atoms with Crippen molar-refractivity contribution in [3.63, 3.8) is 0 Å². The van der Waals surface area contributed by atoms with Crippen LogP contribution in [0.1, 0.15) is 20.8 Å². The predicted octanol–water partition coefficient (Wildman–Crippen LogP) is 6.48. The minimum atomic E-state index is -0.446. The minimum Gasteiger partial charge on any atom is -0.494 e. The van der Waals surface area contributed by atoms with Crippen molar-refractivity contribution in [1.82, 2.24) is 0 Å². The van der Waals surface area contributed by atoms with Crippen LogP contribution in [0.25, 0.3) is 44.2 Å². The van der Waals surface area contributed by atoms with Gasteiger partial charge in [-0.25, -0.2) is 9.59 Å². The van der Waals surface area contributed by atoms with Crippen LogP contribution in [0, 0.1) is 0 Å². The van der Waals surface area contributed by atoms with Gasteiger partial charge in [0, 0.05) is 41.7 Å². The van der Waals surface area contributed by atoms with Crippen LogP contribution in [0.5, 0.6) is 5.75 Å². The number of nitrogens with zero attached hydrogens (tertiary/aromatic N) is 1. The molecule has 0 amide bonds. The second-order valence-electron chi connectivity index (χ2n) is 8.49. The average molecular weight is 482 g/mol. The van der Waals surface area contributed by atoms with Crippen LogP contribution < -0.4 is 20.9 Å². The molecule has 0 aliphatic rings. The van der Waals surface area contributed by atoms with Crippen molar-refractivity contribution in [3.8, 4) is 28.0 Å². The molecule has 0 unspecified atom stereocenters. The van der Waals surface area contributed by atoms with E-state index < -0.39 is 11.3 Å². The van der Waals surface area contributed by atoms with Crippen molar-refractivity contribution >= 4 is 27.6 Å². The number of fused-ring (bicyclic) bond motifs is 2. The zero-order valence-corrected chi connectivity index (χ0v) is 20.5. The summed E-state index contributed by atoms with van der Waals surface area (Å²) in [6.07, 6.45) is 0. The van der Waals surface area contributed by atoms with Crippen LogP contribution >= 0.6 is 0 Å². The van der Waals surface area contributed by atoms with Gasteiger partial charge in [0.15, 0.2) is 0 Å². The molecule has 0 saturated heterocycles. The van der Waals surface area contributed by atoms with Crippen LogP contribution in [0.4, 0.5) is 5.69 Å². The fourth-order valence-corrected chi connectivity index (χ4v) is 4.56. The van der Waals surface area contributed by atoms with E-state index in [0.717, 1.165) is 40.7 Å². The van der Waals surface area contributed by atoms with Gasteiger partial charge in [0.2, 0.25) is 0 Å². The molecule has 2 aromatic heterocycles. The van der Waals surface area contributed by atoms with Crippen molar-refractivity contribution in [2.45, 2.75) is 20.8 Å². The highest BCUT2D eigenvalue weighted by Crippen LogP contribution is 2.32. The number of anilines is 1. The zero-order valence-electron chi connectivity index (χ0n) is 20.5. The maximum absolute atomic E-state index is 12.9. The summed E-state index contributed by atoms with van der Waals surface area (Å²) in [5.74, 6) is 0.651. The lowest BCUT2D eigenvalue weighted by molar-refractivity contribution is 0.340. The molecule has 182 valence electrons. The Labute approximate surface area is 208 Å². The summed E-state index contributed by atoms with van der Waals surface area (Å²) < 4.78 is 16.6. The molecule has 36 heavy (non-hydrogen) atoms. The summed E-state index contributed by atoms with van der Waals surface area (Å²) in [6, 6.07) is 22.3. The SMILES string of the molecule is CCOc1ccc2cc(-c3ccc4oc(=O)cc(-c5ccc(N(CC)CC)cc5)c4c3)c(=O)oc2c1. The molecular weight excluding hydrogens is 454 g/mol. The minimum absolute atomic E-state index is 0.423. The third-order valence-electron chi connectivity index (χ3n) is 6.38. The van der Waals surface area contributed by atoms with E-state index in [-0.39, 0.29) is 0 Å². The molecule has 3 aromatic carbocycles. The third kappa shape index (κ3) is 4.38. The van der Waals surface area contributed by atoms with Gasteiger partial charge in [-0.1, -0.05) is 18.2 Å². The first kappa shape index (κ1) is 23.4. The van der Waals surface area contributed by atoms with E-state index in [1.54, 1.807) is 18.2 Å². The Balaban J connectivity index is 1.62. The van der Waals surface area contributed by atoms with Crippen molar-refractivity contribution in [1.29, 1.82) is 0 Å². The summed E-state index contributed by atoms with van der Waals surface area (Å²) in [5, 5.41) is 1.54. The normalized spacial score (nSPS) is 11.2. The van der Waals surface area contributed by atoms with E-state index in [1.807, 2.05) is 43.3 Å². The number of benzene rings is 3. The predicted molar refractivity (Wildman–Crippen MR) is 144 cm³/mol. The molecule has 0 saturated carbocycles. The van der Waals surface area contributed by atoms with E-state index >= 15 is 0 Å². The van der Waals surface area contributed by atoms with Gasteiger partial charge in [-0.15, -0.1) is 0 Å². The highest BCUT2D eigenvalue weighted by atomic mass is 16.5. The average Bonchev–Trinajstić information content (AvgIpc) is 2.89. The summed E-state index contributed by atoms with van der Waals surface area (Å²) in [5.41, 5.74) is 3.95. The lowest BCUT2D eigenvalue weighted by Gasteiger charge is -2.21. The van der Waals surface area contributed by atoms with Gasteiger partial charge in [-0.3, -0.25) is 0 Å². The summed E-state index contributed by atoms with van der Waals surface area (Å²) >= 11 is 0. The number of ether oxygens (including phenoxy) is 1. The van der Waals surface area contributed by atoms with E-state index in [0.29, 0.717) is 34.6 Å². The van der Waals surface area contributed by atoms with E-state index in [9.17, 15) is 9.59 Å². The second-order valence-corrected chi connectivity index (χ2v) is 8.49.